The van der Waals surface area contributed by atoms with Crippen LogP contribution in [0.3, 0.4) is 0 Å². The number of alkyl halides is 1. The Kier molecular flexibility index (Phi) is 3.19. The molecule has 0 aliphatic heterocycles. The van der Waals surface area contributed by atoms with Crippen LogP contribution < -0.4 is 0 Å². The first-order valence-electron chi connectivity index (χ1n) is 4.17. The van der Waals surface area contributed by atoms with Crippen LogP contribution in [0.1, 0.15) is 5.69 Å². The summed E-state index contributed by atoms with van der Waals surface area (Å²) < 4.78 is 5.24. The molecule has 0 saturated heterocycles. The van der Waals surface area contributed by atoms with E-state index in [-0.39, 0.29) is 0 Å². The van der Waals surface area contributed by atoms with Crippen LogP contribution in [-0.4, -0.2) is 4.98 Å². The van der Waals surface area contributed by atoms with Gasteiger partial charge in [-0.1, -0.05) is 29.3 Å². The van der Waals surface area contributed by atoms with Gasteiger partial charge in [0.2, 0.25) is 5.89 Å². The van der Waals surface area contributed by atoms with Crippen molar-refractivity contribution >= 4 is 34.8 Å². The molecule has 2 aromatic rings. The molecule has 1 aromatic heterocycles. The molecule has 0 amide bonds. The van der Waals surface area contributed by atoms with Crippen molar-refractivity contribution in [2.24, 2.45) is 0 Å². The number of benzene rings is 1. The van der Waals surface area contributed by atoms with Gasteiger partial charge < -0.3 is 4.42 Å². The van der Waals surface area contributed by atoms with Gasteiger partial charge in [-0.25, -0.2) is 4.98 Å². The van der Waals surface area contributed by atoms with Crippen LogP contribution in [0.15, 0.2) is 28.9 Å². The highest BCUT2D eigenvalue weighted by Crippen LogP contribution is 2.33. The fourth-order valence-corrected chi connectivity index (χ4v) is 1.87. The molecular weight excluding hydrogens is 256 g/mol. The number of hydrogen-bond donors (Lipinski definition) is 0. The van der Waals surface area contributed by atoms with Crippen molar-refractivity contribution in [3.63, 3.8) is 0 Å². The first-order chi connectivity index (χ1) is 7.22. The Balaban J connectivity index is 2.53. The van der Waals surface area contributed by atoms with Crippen molar-refractivity contribution in [3.05, 3.63) is 40.2 Å². The van der Waals surface area contributed by atoms with Gasteiger partial charge >= 0.3 is 0 Å². The predicted molar refractivity (Wildman–Crippen MR) is 61.5 cm³/mol. The largest absolute Gasteiger partial charge is 0.444 e. The molecule has 1 heterocycles. The molecule has 78 valence electrons. The minimum atomic E-state index is 0.297. The van der Waals surface area contributed by atoms with Crippen molar-refractivity contribution < 1.29 is 4.42 Å². The number of halogens is 3. The Hall–Kier alpha value is -0.700. The first-order valence-corrected chi connectivity index (χ1v) is 5.46. The molecule has 0 N–H and O–H groups in total. The molecule has 5 heteroatoms. The maximum absolute atomic E-state index is 6.00. The Morgan fingerprint density at radius 1 is 1.20 bits per heavy atom. The quantitative estimate of drug-likeness (QED) is 0.750. The number of rotatable bonds is 2. The lowest BCUT2D eigenvalue weighted by Gasteiger charge is -2.01. The fraction of sp³-hybridized carbons (Fsp3) is 0.100. The van der Waals surface area contributed by atoms with Crippen molar-refractivity contribution in [2.75, 3.05) is 0 Å². The Morgan fingerprint density at radius 2 is 1.87 bits per heavy atom. The Bertz CT molecular complexity index is 461. The van der Waals surface area contributed by atoms with Crippen molar-refractivity contribution in [1.29, 1.82) is 0 Å². The predicted octanol–water partition coefficient (Wildman–Crippen LogP) is 4.39. The second kappa shape index (κ2) is 4.44. The van der Waals surface area contributed by atoms with Gasteiger partial charge in [0.25, 0.3) is 0 Å². The van der Waals surface area contributed by atoms with Gasteiger partial charge in [-0.3, -0.25) is 0 Å². The summed E-state index contributed by atoms with van der Waals surface area (Å²) in [6.07, 6.45) is 1.49. The van der Waals surface area contributed by atoms with E-state index in [1.165, 1.54) is 6.26 Å². The molecule has 0 saturated carbocycles. The van der Waals surface area contributed by atoms with E-state index in [0.717, 1.165) is 0 Å². The van der Waals surface area contributed by atoms with Gasteiger partial charge in [0.05, 0.1) is 27.2 Å². The monoisotopic (exact) mass is 261 g/mol. The van der Waals surface area contributed by atoms with Gasteiger partial charge in [-0.05, 0) is 12.1 Å². The van der Waals surface area contributed by atoms with Crippen LogP contribution in [-0.2, 0) is 5.88 Å². The highest BCUT2D eigenvalue weighted by Gasteiger charge is 2.13. The third kappa shape index (κ3) is 2.12. The van der Waals surface area contributed by atoms with Crippen LogP contribution in [0, 0.1) is 0 Å². The molecule has 0 fully saturated rings. The summed E-state index contributed by atoms with van der Waals surface area (Å²) in [5.74, 6) is 0.687. The third-order valence-electron chi connectivity index (χ3n) is 1.87. The van der Waals surface area contributed by atoms with E-state index in [0.29, 0.717) is 33.1 Å². The van der Waals surface area contributed by atoms with Crippen LogP contribution in [0.5, 0.6) is 0 Å². The van der Waals surface area contributed by atoms with Gasteiger partial charge in [0.1, 0.15) is 6.26 Å². The maximum Gasteiger partial charge on any atom is 0.229 e. The SMILES string of the molecule is ClCc1coc(-c2c(Cl)cccc2Cl)n1. The standard InChI is InChI=1S/C10H6Cl3NO/c11-4-6-5-15-10(14-6)9-7(12)2-1-3-8(9)13/h1-3,5H,4H2. The molecule has 2 rings (SSSR count). The molecular formula is C10H6Cl3NO. The molecule has 0 radical (unpaired) electrons. The van der Waals surface area contributed by atoms with E-state index in [1.807, 2.05) is 0 Å². The second-order valence-corrected chi connectivity index (χ2v) is 3.96. The molecule has 0 aliphatic rings. The lowest BCUT2D eigenvalue weighted by molar-refractivity contribution is 0.573. The summed E-state index contributed by atoms with van der Waals surface area (Å²) >= 11 is 17.6. The Morgan fingerprint density at radius 3 is 2.40 bits per heavy atom. The first kappa shape index (κ1) is 10.8. The van der Waals surface area contributed by atoms with Crippen molar-refractivity contribution in [3.8, 4) is 11.5 Å². The zero-order valence-corrected chi connectivity index (χ0v) is 9.77. The average molecular weight is 263 g/mol. The molecule has 0 atom stereocenters. The summed E-state index contributed by atoms with van der Waals surface area (Å²) in [7, 11) is 0. The van der Waals surface area contributed by atoms with Crippen LogP contribution in [0.2, 0.25) is 10.0 Å². The van der Waals surface area contributed by atoms with Crippen LogP contribution in [0.4, 0.5) is 0 Å². The lowest BCUT2D eigenvalue weighted by Crippen LogP contribution is -1.82. The van der Waals surface area contributed by atoms with Gasteiger partial charge in [0, 0.05) is 0 Å². The van der Waals surface area contributed by atoms with E-state index < -0.39 is 0 Å². The van der Waals surface area contributed by atoms with Gasteiger partial charge in [0.15, 0.2) is 0 Å². The minimum Gasteiger partial charge on any atom is -0.444 e. The minimum absolute atomic E-state index is 0.297. The smallest absolute Gasteiger partial charge is 0.229 e. The van der Waals surface area contributed by atoms with E-state index >= 15 is 0 Å². The molecule has 15 heavy (non-hydrogen) atoms. The van der Waals surface area contributed by atoms with Crippen LogP contribution in [0.25, 0.3) is 11.5 Å². The number of nitrogens with zero attached hydrogens (tertiary/aromatic N) is 1. The summed E-state index contributed by atoms with van der Waals surface area (Å²) in [6.45, 7) is 0. The van der Waals surface area contributed by atoms with E-state index in [9.17, 15) is 0 Å². The molecule has 0 unspecified atom stereocenters. The van der Waals surface area contributed by atoms with Gasteiger partial charge in [-0.2, -0.15) is 0 Å². The lowest BCUT2D eigenvalue weighted by atomic mass is 10.2. The average Bonchev–Trinajstić information content (AvgIpc) is 2.66. The van der Waals surface area contributed by atoms with Crippen LogP contribution >= 0.6 is 34.8 Å². The number of aromatic nitrogens is 1. The summed E-state index contributed by atoms with van der Waals surface area (Å²) in [5.41, 5.74) is 1.25. The van der Waals surface area contributed by atoms with E-state index in [2.05, 4.69) is 4.98 Å². The van der Waals surface area contributed by atoms with E-state index in [1.54, 1.807) is 18.2 Å². The zero-order valence-electron chi connectivity index (χ0n) is 7.51. The van der Waals surface area contributed by atoms with Crippen molar-refractivity contribution in [1.82, 2.24) is 4.98 Å². The number of oxazole rings is 1. The molecule has 0 bridgehead atoms. The normalized spacial score (nSPS) is 10.6. The van der Waals surface area contributed by atoms with E-state index in [4.69, 9.17) is 39.2 Å². The summed E-state index contributed by atoms with van der Waals surface area (Å²) in [6, 6.07) is 5.22. The Labute approximate surface area is 102 Å². The molecule has 1 aromatic carbocycles. The fourth-order valence-electron chi connectivity index (χ4n) is 1.19. The van der Waals surface area contributed by atoms with Crippen molar-refractivity contribution in [2.45, 2.75) is 5.88 Å². The highest BCUT2D eigenvalue weighted by atomic mass is 35.5. The highest BCUT2D eigenvalue weighted by molar-refractivity contribution is 6.38. The second-order valence-electron chi connectivity index (χ2n) is 2.87. The molecule has 0 spiro atoms. The maximum atomic E-state index is 6.00. The zero-order chi connectivity index (χ0) is 10.8. The third-order valence-corrected chi connectivity index (χ3v) is 2.77. The molecule has 0 aliphatic carbocycles. The summed E-state index contributed by atoms with van der Waals surface area (Å²) in [4.78, 5) is 4.15. The van der Waals surface area contributed by atoms with Gasteiger partial charge in [-0.15, -0.1) is 11.6 Å². The summed E-state index contributed by atoms with van der Waals surface area (Å²) in [5, 5.41) is 1.01. The molecule has 2 nitrogen and oxygen atoms in total. The number of hydrogen-bond acceptors (Lipinski definition) is 2. The topological polar surface area (TPSA) is 26.0 Å².